The average molecular weight is 208 g/mol. The van der Waals surface area contributed by atoms with E-state index in [4.69, 9.17) is 5.11 Å². The Kier molecular flexibility index (Phi) is 3.75. The summed E-state index contributed by atoms with van der Waals surface area (Å²) >= 11 is 0. The number of aliphatic hydroxyl groups excluding tert-OH is 1. The number of benzene rings is 1. The van der Waals surface area contributed by atoms with Crippen molar-refractivity contribution >= 4 is 0 Å². The van der Waals surface area contributed by atoms with Crippen molar-refractivity contribution in [2.24, 2.45) is 0 Å². The molecule has 0 amide bonds. The van der Waals surface area contributed by atoms with Gasteiger partial charge in [-0.25, -0.2) is 0 Å². The summed E-state index contributed by atoms with van der Waals surface area (Å²) in [6.45, 7) is 6.59. The number of aromatic hydroxyl groups is 1. The lowest BCUT2D eigenvalue weighted by Gasteiger charge is -2.24. The zero-order valence-electron chi connectivity index (χ0n) is 9.75. The number of phenols is 1. The van der Waals surface area contributed by atoms with E-state index >= 15 is 0 Å². The summed E-state index contributed by atoms with van der Waals surface area (Å²) in [5, 5.41) is 18.5. The summed E-state index contributed by atoms with van der Waals surface area (Å²) in [4.78, 5) is 0. The zero-order chi connectivity index (χ0) is 11.5. The van der Waals surface area contributed by atoms with Gasteiger partial charge in [-0.05, 0) is 35.4 Å². The minimum atomic E-state index is 0.0730. The van der Waals surface area contributed by atoms with Gasteiger partial charge < -0.3 is 10.2 Å². The second-order valence-electron chi connectivity index (χ2n) is 4.55. The normalized spacial score (nSPS) is 11.7. The van der Waals surface area contributed by atoms with Gasteiger partial charge in [0.2, 0.25) is 0 Å². The van der Waals surface area contributed by atoms with E-state index in [2.05, 4.69) is 20.8 Å². The molecule has 2 N–H and O–H groups in total. The van der Waals surface area contributed by atoms with Crippen molar-refractivity contribution in [2.75, 3.05) is 6.61 Å². The molecule has 84 valence electrons. The highest BCUT2D eigenvalue weighted by Gasteiger charge is 2.18. The smallest absolute Gasteiger partial charge is 0.118 e. The molecule has 2 heteroatoms. The largest absolute Gasteiger partial charge is 0.508 e. The van der Waals surface area contributed by atoms with Gasteiger partial charge in [0.15, 0.2) is 0 Å². The van der Waals surface area contributed by atoms with E-state index < -0.39 is 0 Å². The summed E-state index contributed by atoms with van der Waals surface area (Å²) in [5.74, 6) is 0.278. The van der Waals surface area contributed by atoms with Gasteiger partial charge in [0.1, 0.15) is 5.75 Å². The van der Waals surface area contributed by atoms with Gasteiger partial charge >= 0.3 is 0 Å². The third kappa shape index (κ3) is 2.72. The molecule has 0 saturated heterocycles. The van der Waals surface area contributed by atoms with Crippen molar-refractivity contribution in [3.8, 4) is 5.75 Å². The van der Waals surface area contributed by atoms with Crippen molar-refractivity contribution in [1.82, 2.24) is 0 Å². The molecule has 15 heavy (non-hydrogen) atoms. The first kappa shape index (κ1) is 12.1. The molecule has 0 unspecified atom stereocenters. The van der Waals surface area contributed by atoms with Crippen LogP contribution in [-0.4, -0.2) is 16.8 Å². The average Bonchev–Trinajstić information content (AvgIpc) is 2.21. The molecule has 0 aliphatic carbocycles. The van der Waals surface area contributed by atoms with E-state index in [-0.39, 0.29) is 17.8 Å². The van der Waals surface area contributed by atoms with Crippen LogP contribution in [0.4, 0.5) is 0 Å². The fourth-order valence-electron chi connectivity index (χ4n) is 1.53. The van der Waals surface area contributed by atoms with Crippen LogP contribution < -0.4 is 0 Å². The topological polar surface area (TPSA) is 40.5 Å². The molecule has 2 nitrogen and oxygen atoms in total. The maximum absolute atomic E-state index is 9.59. The Balaban J connectivity index is 3.07. The summed E-state index contributed by atoms with van der Waals surface area (Å²) in [7, 11) is 0. The lowest BCUT2D eigenvalue weighted by Crippen LogP contribution is -2.15. The van der Waals surface area contributed by atoms with Gasteiger partial charge in [-0.1, -0.05) is 32.9 Å². The standard InChI is InChI=1S/C13H20O2/c1-4-13(2,3)11-5-6-12(15)10(9-11)7-8-14/h5-6,9,14-15H,4,7-8H2,1-3H3. The van der Waals surface area contributed by atoms with Crippen LogP contribution in [0.1, 0.15) is 38.3 Å². The second kappa shape index (κ2) is 4.67. The van der Waals surface area contributed by atoms with Crippen molar-refractivity contribution in [1.29, 1.82) is 0 Å². The van der Waals surface area contributed by atoms with Gasteiger partial charge in [0.25, 0.3) is 0 Å². The first-order valence-electron chi connectivity index (χ1n) is 5.44. The Morgan fingerprint density at radius 3 is 2.47 bits per heavy atom. The maximum Gasteiger partial charge on any atom is 0.118 e. The monoisotopic (exact) mass is 208 g/mol. The number of rotatable bonds is 4. The Bertz CT molecular complexity index is 329. The van der Waals surface area contributed by atoms with Crippen molar-refractivity contribution in [2.45, 2.75) is 39.0 Å². The zero-order valence-corrected chi connectivity index (χ0v) is 9.75. The molecule has 0 fully saturated rings. The summed E-state index contributed by atoms with van der Waals surface area (Å²) in [6, 6.07) is 5.67. The molecule has 0 aromatic heterocycles. The summed E-state index contributed by atoms with van der Waals surface area (Å²) < 4.78 is 0. The van der Waals surface area contributed by atoms with Gasteiger partial charge in [-0.15, -0.1) is 0 Å². The number of hydrogen-bond donors (Lipinski definition) is 2. The SMILES string of the molecule is CCC(C)(C)c1ccc(O)c(CCO)c1. The Morgan fingerprint density at radius 2 is 1.93 bits per heavy atom. The van der Waals surface area contributed by atoms with Crippen LogP contribution in [0.15, 0.2) is 18.2 Å². The molecule has 1 rings (SSSR count). The van der Waals surface area contributed by atoms with Crippen LogP contribution in [0.3, 0.4) is 0 Å². The Morgan fingerprint density at radius 1 is 1.27 bits per heavy atom. The van der Waals surface area contributed by atoms with E-state index in [0.29, 0.717) is 6.42 Å². The van der Waals surface area contributed by atoms with Crippen LogP contribution in [0.5, 0.6) is 5.75 Å². The minimum absolute atomic E-state index is 0.0730. The van der Waals surface area contributed by atoms with Crippen molar-refractivity contribution < 1.29 is 10.2 Å². The van der Waals surface area contributed by atoms with E-state index in [0.717, 1.165) is 12.0 Å². The van der Waals surface area contributed by atoms with Crippen molar-refractivity contribution in [3.63, 3.8) is 0 Å². The number of phenolic OH excluding ortho intramolecular Hbond substituents is 1. The molecule has 0 heterocycles. The van der Waals surface area contributed by atoms with Crippen LogP contribution in [0, 0.1) is 0 Å². The molecule has 0 aliphatic heterocycles. The van der Waals surface area contributed by atoms with Crippen LogP contribution in [0.25, 0.3) is 0 Å². The van der Waals surface area contributed by atoms with Crippen LogP contribution in [0.2, 0.25) is 0 Å². The first-order valence-corrected chi connectivity index (χ1v) is 5.44. The van der Waals surface area contributed by atoms with Crippen molar-refractivity contribution in [3.05, 3.63) is 29.3 Å². The Labute approximate surface area is 91.6 Å². The molecule has 0 saturated carbocycles. The van der Waals surface area contributed by atoms with Crippen LogP contribution >= 0.6 is 0 Å². The predicted octanol–water partition coefficient (Wildman–Crippen LogP) is 2.61. The van der Waals surface area contributed by atoms with E-state index in [1.165, 1.54) is 5.56 Å². The van der Waals surface area contributed by atoms with Gasteiger partial charge in [0.05, 0.1) is 0 Å². The number of aliphatic hydroxyl groups is 1. The quantitative estimate of drug-likeness (QED) is 0.798. The lowest BCUT2D eigenvalue weighted by molar-refractivity contribution is 0.297. The molecule has 0 radical (unpaired) electrons. The third-order valence-corrected chi connectivity index (χ3v) is 3.13. The maximum atomic E-state index is 9.59. The molecule has 0 aliphatic rings. The van der Waals surface area contributed by atoms with Gasteiger partial charge in [-0.2, -0.15) is 0 Å². The summed E-state index contributed by atoms with van der Waals surface area (Å²) in [5.41, 5.74) is 2.17. The van der Waals surface area contributed by atoms with Gasteiger partial charge in [-0.3, -0.25) is 0 Å². The van der Waals surface area contributed by atoms with Gasteiger partial charge in [0, 0.05) is 6.61 Å². The number of hydrogen-bond acceptors (Lipinski definition) is 2. The Hall–Kier alpha value is -1.02. The molecule has 1 aromatic rings. The lowest BCUT2D eigenvalue weighted by atomic mass is 9.81. The molecular weight excluding hydrogens is 188 g/mol. The summed E-state index contributed by atoms with van der Waals surface area (Å²) in [6.07, 6.45) is 1.57. The molecule has 0 spiro atoms. The fraction of sp³-hybridized carbons (Fsp3) is 0.538. The molecule has 1 aromatic carbocycles. The van der Waals surface area contributed by atoms with E-state index in [1.807, 2.05) is 12.1 Å². The highest BCUT2D eigenvalue weighted by Crippen LogP contribution is 2.30. The molecular formula is C13H20O2. The van der Waals surface area contributed by atoms with E-state index in [1.54, 1.807) is 6.07 Å². The third-order valence-electron chi connectivity index (χ3n) is 3.13. The van der Waals surface area contributed by atoms with Crippen LogP contribution in [-0.2, 0) is 11.8 Å². The minimum Gasteiger partial charge on any atom is -0.508 e. The first-order chi connectivity index (χ1) is 7.01. The fourth-order valence-corrected chi connectivity index (χ4v) is 1.53. The molecule has 0 bridgehead atoms. The van der Waals surface area contributed by atoms with E-state index in [9.17, 15) is 5.11 Å². The predicted molar refractivity (Wildman–Crippen MR) is 62.2 cm³/mol. The highest BCUT2D eigenvalue weighted by molar-refractivity contribution is 5.39. The highest BCUT2D eigenvalue weighted by atomic mass is 16.3. The second-order valence-corrected chi connectivity index (χ2v) is 4.55. The molecule has 0 atom stereocenters.